The Bertz CT molecular complexity index is 556. The fourth-order valence-corrected chi connectivity index (χ4v) is 3.23. The minimum atomic E-state index is -1.23. The molecule has 0 unspecified atom stereocenters. The molecule has 2 fully saturated rings. The lowest BCUT2D eigenvalue weighted by molar-refractivity contribution is -0.133. The number of carbonyl (C=O) groups is 2. The number of benzene rings is 1. The summed E-state index contributed by atoms with van der Waals surface area (Å²) in [5.74, 6) is -0.298. The second-order valence-electron chi connectivity index (χ2n) is 6.27. The molecule has 5 nitrogen and oxygen atoms in total. The Morgan fingerprint density at radius 3 is 2.18 bits per heavy atom. The number of nitrogens with one attached hydrogen (secondary N) is 1. The van der Waals surface area contributed by atoms with Gasteiger partial charge in [0, 0.05) is 24.3 Å². The first kappa shape index (κ1) is 15.0. The molecule has 1 saturated heterocycles. The summed E-state index contributed by atoms with van der Waals surface area (Å²) in [7, 11) is 0. The van der Waals surface area contributed by atoms with E-state index < -0.39 is 5.60 Å². The van der Waals surface area contributed by atoms with Gasteiger partial charge in [0.2, 0.25) is 0 Å². The molecule has 3 rings (SSSR count). The molecule has 5 heteroatoms. The molecule has 0 atom stereocenters. The molecule has 2 aliphatic rings. The van der Waals surface area contributed by atoms with Crippen LogP contribution < -0.4 is 5.32 Å². The maximum absolute atomic E-state index is 12.2. The minimum Gasteiger partial charge on any atom is -0.380 e. The summed E-state index contributed by atoms with van der Waals surface area (Å²) in [5.41, 5.74) is 0.0205. The second kappa shape index (κ2) is 6.08. The van der Waals surface area contributed by atoms with Crippen LogP contribution in [-0.4, -0.2) is 40.5 Å². The molecule has 1 aliphatic heterocycles. The van der Waals surface area contributed by atoms with Gasteiger partial charge in [0.1, 0.15) is 5.60 Å². The Balaban J connectivity index is 1.64. The molecule has 1 saturated carbocycles. The highest BCUT2D eigenvalue weighted by atomic mass is 16.3. The molecule has 1 heterocycles. The maximum Gasteiger partial charge on any atom is 0.256 e. The van der Waals surface area contributed by atoms with Gasteiger partial charge < -0.3 is 15.3 Å². The minimum absolute atomic E-state index is 0.0461. The summed E-state index contributed by atoms with van der Waals surface area (Å²) < 4.78 is 0. The van der Waals surface area contributed by atoms with Crippen molar-refractivity contribution >= 4 is 17.5 Å². The van der Waals surface area contributed by atoms with E-state index in [4.69, 9.17) is 0 Å². The van der Waals surface area contributed by atoms with E-state index in [9.17, 15) is 14.7 Å². The van der Waals surface area contributed by atoms with Gasteiger partial charge in [-0.2, -0.15) is 0 Å². The Labute approximate surface area is 130 Å². The normalized spacial score (nSPS) is 20.1. The maximum atomic E-state index is 12.2. The van der Waals surface area contributed by atoms with Crippen LogP contribution in [-0.2, 0) is 4.79 Å². The number of rotatable bonds is 3. The highest BCUT2D eigenvalue weighted by Crippen LogP contribution is 2.30. The number of amides is 2. The number of anilines is 1. The van der Waals surface area contributed by atoms with Crippen LogP contribution in [0.4, 0.5) is 5.69 Å². The molecule has 1 aromatic carbocycles. The molecular formula is C17H22N2O3. The van der Waals surface area contributed by atoms with Gasteiger partial charge >= 0.3 is 0 Å². The van der Waals surface area contributed by atoms with Crippen molar-refractivity contribution in [2.45, 2.75) is 44.1 Å². The predicted octanol–water partition coefficient (Wildman–Crippen LogP) is 2.17. The molecule has 0 aromatic heterocycles. The first-order valence-corrected chi connectivity index (χ1v) is 8.02. The van der Waals surface area contributed by atoms with Gasteiger partial charge in [-0.15, -0.1) is 0 Å². The van der Waals surface area contributed by atoms with Crippen LogP contribution in [0.15, 0.2) is 24.3 Å². The van der Waals surface area contributed by atoms with E-state index in [1.54, 1.807) is 24.3 Å². The summed E-state index contributed by atoms with van der Waals surface area (Å²) in [4.78, 5) is 26.2. The molecule has 118 valence electrons. The Kier molecular flexibility index (Phi) is 4.16. The standard InChI is InChI=1S/C17H22N2O3/c20-15(19-11-3-4-12-19)13-5-7-14(8-6-13)18-16(21)17(22)9-1-2-10-17/h5-8,22H,1-4,9-12H2,(H,18,21). The van der Waals surface area contributed by atoms with E-state index in [0.717, 1.165) is 38.8 Å². The molecule has 1 aliphatic carbocycles. The first-order chi connectivity index (χ1) is 10.6. The Morgan fingerprint density at radius 1 is 1.00 bits per heavy atom. The van der Waals surface area contributed by atoms with Crippen LogP contribution in [0.3, 0.4) is 0 Å². The third-order valence-electron chi connectivity index (χ3n) is 4.64. The summed E-state index contributed by atoms with van der Waals surface area (Å²) in [6.45, 7) is 1.65. The highest BCUT2D eigenvalue weighted by molar-refractivity contribution is 5.98. The molecule has 1 aromatic rings. The number of carbonyl (C=O) groups excluding carboxylic acids is 2. The van der Waals surface area contributed by atoms with E-state index in [-0.39, 0.29) is 11.8 Å². The Morgan fingerprint density at radius 2 is 1.59 bits per heavy atom. The van der Waals surface area contributed by atoms with Gasteiger partial charge in [0.05, 0.1) is 0 Å². The van der Waals surface area contributed by atoms with Crippen LogP contribution in [0.25, 0.3) is 0 Å². The molecule has 0 radical (unpaired) electrons. The van der Waals surface area contributed by atoms with Crippen LogP contribution in [0.5, 0.6) is 0 Å². The molecule has 2 amide bonds. The molecular weight excluding hydrogens is 280 g/mol. The highest BCUT2D eigenvalue weighted by Gasteiger charge is 2.38. The first-order valence-electron chi connectivity index (χ1n) is 8.02. The zero-order chi connectivity index (χ0) is 15.6. The van der Waals surface area contributed by atoms with Crippen molar-refractivity contribution in [1.29, 1.82) is 0 Å². The third-order valence-corrected chi connectivity index (χ3v) is 4.64. The van der Waals surface area contributed by atoms with Gasteiger partial charge in [-0.05, 0) is 62.8 Å². The topological polar surface area (TPSA) is 69.6 Å². The summed E-state index contributed by atoms with van der Waals surface area (Å²) in [5, 5.41) is 13.0. The molecule has 2 N–H and O–H groups in total. The van der Waals surface area contributed by atoms with Crippen molar-refractivity contribution in [3.8, 4) is 0 Å². The summed E-state index contributed by atoms with van der Waals surface area (Å²) in [6.07, 6.45) is 4.94. The lowest BCUT2D eigenvalue weighted by Crippen LogP contribution is -2.40. The Hall–Kier alpha value is -1.88. The van der Waals surface area contributed by atoms with Crippen molar-refractivity contribution in [1.82, 2.24) is 4.90 Å². The average Bonchev–Trinajstić information content (AvgIpc) is 3.19. The predicted molar refractivity (Wildman–Crippen MR) is 83.6 cm³/mol. The molecule has 0 bridgehead atoms. The monoisotopic (exact) mass is 302 g/mol. The van der Waals surface area contributed by atoms with Crippen molar-refractivity contribution in [3.63, 3.8) is 0 Å². The zero-order valence-corrected chi connectivity index (χ0v) is 12.7. The number of hydrogen-bond donors (Lipinski definition) is 2. The van der Waals surface area contributed by atoms with E-state index in [2.05, 4.69) is 5.32 Å². The van der Waals surface area contributed by atoms with E-state index in [0.29, 0.717) is 24.1 Å². The zero-order valence-electron chi connectivity index (χ0n) is 12.7. The van der Waals surface area contributed by atoms with Crippen LogP contribution in [0, 0.1) is 0 Å². The van der Waals surface area contributed by atoms with Crippen LogP contribution in [0.1, 0.15) is 48.9 Å². The van der Waals surface area contributed by atoms with Crippen LogP contribution >= 0.6 is 0 Å². The smallest absolute Gasteiger partial charge is 0.256 e. The van der Waals surface area contributed by atoms with Crippen molar-refractivity contribution in [2.75, 3.05) is 18.4 Å². The van der Waals surface area contributed by atoms with Crippen LogP contribution in [0.2, 0.25) is 0 Å². The van der Waals surface area contributed by atoms with Gasteiger partial charge in [-0.25, -0.2) is 0 Å². The number of nitrogens with zero attached hydrogens (tertiary/aromatic N) is 1. The second-order valence-corrected chi connectivity index (χ2v) is 6.27. The number of hydrogen-bond acceptors (Lipinski definition) is 3. The fourth-order valence-electron chi connectivity index (χ4n) is 3.23. The van der Waals surface area contributed by atoms with Crippen molar-refractivity contribution in [2.24, 2.45) is 0 Å². The number of aliphatic hydroxyl groups is 1. The lowest BCUT2D eigenvalue weighted by atomic mass is 10.0. The lowest BCUT2D eigenvalue weighted by Gasteiger charge is -2.21. The quantitative estimate of drug-likeness (QED) is 0.899. The largest absolute Gasteiger partial charge is 0.380 e. The van der Waals surface area contributed by atoms with E-state index >= 15 is 0 Å². The van der Waals surface area contributed by atoms with Crippen molar-refractivity contribution in [3.05, 3.63) is 29.8 Å². The molecule has 22 heavy (non-hydrogen) atoms. The van der Waals surface area contributed by atoms with Gasteiger partial charge in [-0.3, -0.25) is 9.59 Å². The van der Waals surface area contributed by atoms with Gasteiger partial charge in [0.15, 0.2) is 0 Å². The van der Waals surface area contributed by atoms with Gasteiger partial charge in [0.25, 0.3) is 11.8 Å². The average molecular weight is 302 g/mol. The van der Waals surface area contributed by atoms with Gasteiger partial charge in [-0.1, -0.05) is 0 Å². The third kappa shape index (κ3) is 2.99. The summed E-state index contributed by atoms with van der Waals surface area (Å²) >= 11 is 0. The number of likely N-dealkylation sites (tertiary alicyclic amines) is 1. The van der Waals surface area contributed by atoms with E-state index in [1.165, 1.54) is 0 Å². The molecule has 0 spiro atoms. The van der Waals surface area contributed by atoms with Crippen molar-refractivity contribution < 1.29 is 14.7 Å². The SMILES string of the molecule is O=C(c1ccc(NC(=O)C2(O)CCCC2)cc1)N1CCCC1. The summed E-state index contributed by atoms with van der Waals surface area (Å²) in [6, 6.07) is 6.91. The van der Waals surface area contributed by atoms with E-state index in [1.807, 2.05) is 4.90 Å². The fraction of sp³-hybridized carbons (Fsp3) is 0.529.